The second kappa shape index (κ2) is 3.66. The van der Waals surface area contributed by atoms with E-state index in [1.165, 1.54) is 25.9 Å². The molecule has 0 aromatic rings. The highest BCUT2D eigenvalue weighted by atomic mass is 16.2. The average Bonchev–Trinajstić information content (AvgIpc) is 2.49. The number of hydrogen-bond acceptors (Lipinski definition) is 2. The highest BCUT2D eigenvalue weighted by Crippen LogP contribution is 2.21. The van der Waals surface area contributed by atoms with Crippen molar-refractivity contribution in [3.8, 4) is 0 Å². The van der Waals surface area contributed by atoms with E-state index >= 15 is 0 Å². The lowest BCUT2D eigenvalue weighted by atomic mass is 10.1. The molecule has 3 nitrogen and oxygen atoms in total. The minimum Gasteiger partial charge on any atom is -0.338 e. The minimum atomic E-state index is 0.341. The zero-order valence-corrected chi connectivity index (χ0v) is 8.33. The van der Waals surface area contributed by atoms with Gasteiger partial charge in [0.25, 0.3) is 0 Å². The Morgan fingerprint density at radius 3 is 2.54 bits per heavy atom. The quantitative estimate of drug-likeness (QED) is 0.596. The lowest BCUT2D eigenvalue weighted by molar-refractivity contribution is -0.132. The summed E-state index contributed by atoms with van der Waals surface area (Å²) in [6.45, 7) is 6.38. The number of carbonyl (C=O) groups is 1. The summed E-state index contributed by atoms with van der Waals surface area (Å²) in [5, 5.41) is 0. The van der Waals surface area contributed by atoms with Crippen LogP contribution in [-0.2, 0) is 4.79 Å². The largest absolute Gasteiger partial charge is 0.338 e. The van der Waals surface area contributed by atoms with Gasteiger partial charge in [0.1, 0.15) is 0 Å². The Hall–Kier alpha value is -0.570. The van der Waals surface area contributed by atoms with Crippen LogP contribution in [0.3, 0.4) is 0 Å². The topological polar surface area (TPSA) is 23.6 Å². The first-order chi connectivity index (χ1) is 6.31. The molecular formula is C10H18N2O. The van der Waals surface area contributed by atoms with Crippen molar-refractivity contribution in [2.45, 2.75) is 32.2 Å². The van der Waals surface area contributed by atoms with E-state index in [-0.39, 0.29) is 0 Å². The lowest BCUT2D eigenvalue weighted by Gasteiger charge is -2.31. The molecule has 0 aromatic carbocycles. The zero-order valence-electron chi connectivity index (χ0n) is 8.33. The summed E-state index contributed by atoms with van der Waals surface area (Å²) in [6.07, 6.45) is 3.04. The summed E-state index contributed by atoms with van der Waals surface area (Å²) in [4.78, 5) is 16.2. The van der Waals surface area contributed by atoms with Gasteiger partial charge >= 0.3 is 0 Å². The van der Waals surface area contributed by atoms with Crippen LogP contribution in [-0.4, -0.2) is 47.9 Å². The highest BCUT2D eigenvalue weighted by molar-refractivity contribution is 5.76. The van der Waals surface area contributed by atoms with E-state index in [1.54, 1.807) is 0 Å². The number of rotatable bonds is 1. The summed E-state index contributed by atoms with van der Waals surface area (Å²) in [6, 6.07) is 0.547. The van der Waals surface area contributed by atoms with Crippen LogP contribution in [0.4, 0.5) is 0 Å². The molecule has 13 heavy (non-hydrogen) atoms. The van der Waals surface area contributed by atoms with Crippen LogP contribution in [0.25, 0.3) is 0 Å². The molecule has 3 heterocycles. The Kier molecular flexibility index (Phi) is 2.54. The summed E-state index contributed by atoms with van der Waals surface area (Å²) >= 11 is 0. The van der Waals surface area contributed by atoms with E-state index in [9.17, 15) is 4.79 Å². The van der Waals surface area contributed by atoms with Gasteiger partial charge in [-0.3, -0.25) is 4.79 Å². The van der Waals surface area contributed by atoms with Gasteiger partial charge in [-0.2, -0.15) is 0 Å². The van der Waals surface area contributed by atoms with Gasteiger partial charge in [0.15, 0.2) is 0 Å². The fraction of sp³-hybridized carbons (Fsp3) is 0.900. The zero-order chi connectivity index (χ0) is 9.26. The van der Waals surface area contributed by atoms with Gasteiger partial charge in [-0.05, 0) is 12.8 Å². The monoisotopic (exact) mass is 182 g/mol. The third-order valence-corrected chi connectivity index (χ3v) is 3.28. The van der Waals surface area contributed by atoms with E-state index in [4.69, 9.17) is 0 Å². The molecule has 3 fully saturated rings. The highest BCUT2D eigenvalue weighted by Gasteiger charge is 2.30. The lowest BCUT2D eigenvalue weighted by Crippen LogP contribution is -2.41. The molecule has 0 saturated carbocycles. The van der Waals surface area contributed by atoms with Crippen molar-refractivity contribution in [1.82, 2.24) is 9.80 Å². The van der Waals surface area contributed by atoms with Crippen molar-refractivity contribution >= 4 is 5.91 Å². The summed E-state index contributed by atoms with van der Waals surface area (Å²) < 4.78 is 0. The molecule has 3 aliphatic rings. The van der Waals surface area contributed by atoms with Crippen LogP contribution in [0.1, 0.15) is 26.2 Å². The first kappa shape index (κ1) is 9.00. The van der Waals surface area contributed by atoms with Crippen LogP contribution in [0.2, 0.25) is 0 Å². The maximum absolute atomic E-state index is 11.6. The predicted octanol–water partition coefficient (Wildman–Crippen LogP) is 0.703. The first-order valence-corrected chi connectivity index (χ1v) is 5.33. The second-order valence-corrected chi connectivity index (χ2v) is 4.01. The molecule has 1 amide bonds. The van der Waals surface area contributed by atoms with Gasteiger partial charge in [-0.25, -0.2) is 0 Å². The van der Waals surface area contributed by atoms with Crippen molar-refractivity contribution in [1.29, 1.82) is 0 Å². The van der Waals surface area contributed by atoms with Crippen LogP contribution < -0.4 is 0 Å². The molecule has 0 unspecified atom stereocenters. The number of piperidine rings is 1. The molecule has 0 N–H and O–H groups in total. The number of nitrogens with zero attached hydrogens (tertiary/aromatic N) is 2. The van der Waals surface area contributed by atoms with Crippen LogP contribution in [0.15, 0.2) is 0 Å². The van der Waals surface area contributed by atoms with Gasteiger partial charge < -0.3 is 9.80 Å². The van der Waals surface area contributed by atoms with E-state index in [1.807, 2.05) is 6.92 Å². The van der Waals surface area contributed by atoms with E-state index in [0.717, 1.165) is 13.1 Å². The molecular weight excluding hydrogens is 164 g/mol. The fourth-order valence-electron chi connectivity index (χ4n) is 2.42. The number of amides is 1. The molecule has 74 valence electrons. The maximum atomic E-state index is 11.6. The van der Waals surface area contributed by atoms with Crippen molar-refractivity contribution in [2.24, 2.45) is 0 Å². The van der Waals surface area contributed by atoms with Gasteiger partial charge in [0.05, 0.1) is 0 Å². The molecule has 0 spiro atoms. The van der Waals surface area contributed by atoms with E-state index in [0.29, 0.717) is 18.4 Å². The van der Waals surface area contributed by atoms with Gasteiger partial charge in [-0.1, -0.05) is 6.92 Å². The summed E-state index contributed by atoms with van der Waals surface area (Å²) in [7, 11) is 0. The Bertz CT molecular complexity index is 197. The molecule has 3 saturated heterocycles. The molecule has 3 heteroatoms. The summed E-state index contributed by atoms with van der Waals surface area (Å²) in [5.41, 5.74) is 0. The molecule has 0 atom stereocenters. The molecule has 0 aliphatic carbocycles. The Labute approximate surface area is 79.7 Å². The Morgan fingerprint density at radius 1 is 1.23 bits per heavy atom. The van der Waals surface area contributed by atoms with Gasteiger partial charge in [0, 0.05) is 38.6 Å². The predicted molar refractivity (Wildman–Crippen MR) is 51.5 cm³/mol. The molecule has 0 aromatic heterocycles. The maximum Gasteiger partial charge on any atom is 0.222 e. The van der Waals surface area contributed by atoms with Gasteiger partial charge in [0.2, 0.25) is 5.91 Å². The standard InChI is InChI=1S/C10H18N2O/c1-2-10(13)12-8-7-11-5-3-9(12)4-6-11/h9H,2-8H2,1H3. The summed E-state index contributed by atoms with van der Waals surface area (Å²) in [5.74, 6) is 0.341. The van der Waals surface area contributed by atoms with E-state index in [2.05, 4.69) is 9.80 Å². The average molecular weight is 182 g/mol. The first-order valence-electron chi connectivity index (χ1n) is 5.33. The van der Waals surface area contributed by atoms with Crippen molar-refractivity contribution in [3.05, 3.63) is 0 Å². The second-order valence-electron chi connectivity index (χ2n) is 4.01. The SMILES string of the molecule is CCC(=O)N1CCN2CCC1CC2. The van der Waals surface area contributed by atoms with Crippen molar-refractivity contribution in [2.75, 3.05) is 26.2 Å². The Morgan fingerprint density at radius 2 is 1.92 bits per heavy atom. The number of hydrogen-bond donors (Lipinski definition) is 0. The van der Waals surface area contributed by atoms with Crippen molar-refractivity contribution in [3.63, 3.8) is 0 Å². The molecule has 3 aliphatic heterocycles. The third-order valence-electron chi connectivity index (χ3n) is 3.28. The fourth-order valence-corrected chi connectivity index (χ4v) is 2.42. The minimum absolute atomic E-state index is 0.341. The van der Waals surface area contributed by atoms with Crippen LogP contribution in [0.5, 0.6) is 0 Å². The Balaban J connectivity index is 2.06. The third kappa shape index (κ3) is 1.70. The number of fused-ring (bicyclic) bond motifs is 4. The van der Waals surface area contributed by atoms with E-state index < -0.39 is 0 Å². The molecule has 3 rings (SSSR count). The van der Waals surface area contributed by atoms with Crippen molar-refractivity contribution < 1.29 is 4.79 Å². The smallest absolute Gasteiger partial charge is 0.222 e. The van der Waals surface area contributed by atoms with Gasteiger partial charge in [-0.15, -0.1) is 0 Å². The van der Waals surface area contributed by atoms with Crippen LogP contribution >= 0.6 is 0 Å². The molecule has 0 radical (unpaired) electrons. The van der Waals surface area contributed by atoms with Crippen LogP contribution in [0, 0.1) is 0 Å². The molecule has 2 bridgehead atoms. The normalized spacial score (nSPS) is 33.2. The number of carbonyl (C=O) groups excluding carboxylic acids is 1.